The number of aromatic nitrogens is 1. The van der Waals surface area contributed by atoms with Crippen LogP contribution >= 0.6 is 0 Å². The zero-order valence-electron chi connectivity index (χ0n) is 14.5. The van der Waals surface area contributed by atoms with Crippen molar-refractivity contribution in [3.63, 3.8) is 0 Å². The summed E-state index contributed by atoms with van der Waals surface area (Å²) in [5.74, 6) is -0.226. The molecule has 1 aliphatic heterocycles. The molecule has 5 heteroatoms. The van der Waals surface area contributed by atoms with E-state index in [2.05, 4.69) is 6.07 Å². The largest absolute Gasteiger partial charge is 0.497 e. The number of aryl methyl sites for hydroxylation is 2. The maximum Gasteiger partial charge on any atom is 0.303 e. The van der Waals surface area contributed by atoms with Crippen LogP contribution in [-0.2, 0) is 24.2 Å². The van der Waals surface area contributed by atoms with Crippen molar-refractivity contribution in [1.82, 2.24) is 4.57 Å². The summed E-state index contributed by atoms with van der Waals surface area (Å²) in [7, 11) is 1.57. The summed E-state index contributed by atoms with van der Waals surface area (Å²) in [6, 6.07) is 13.5. The lowest BCUT2D eigenvalue weighted by Gasteiger charge is -2.26. The molecule has 0 saturated carbocycles. The van der Waals surface area contributed by atoms with Gasteiger partial charge in [0.15, 0.2) is 0 Å². The van der Waals surface area contributed by atoms with Crippen LogP contribution < -0.4 is 10.3 Å². The molecule has 0 spiro atoms. The van der Waals surface area contributed by atoms with Gasteiger partial charge >= 0.3 is 5.97 Å². The molecular weight excluding hydrogens is 330 g/mol. The molecule has 0 aliphatic carbocycles. The van der Waals surface area contributed by atoms with Gasteiger partial charge in [0.25, 0.3) is 5.56 Å². The number of carboxylic acids is 1. The lowest BCUT2D eigenvalue weighted by molar-refractivity contribution is -0.136. The average Bonchev–Trinajstić information content (AvgIpc) is 2.67. The number of carboxylic acid groups (broad SMARTS) is 1. The summed E-state index contributed by atoms with van der Waals surface area (Å²) in [5, 5.41) is 10.6. The Morgan fingerprint density at radius 1 is 1.19 bits per heavy atom. The van der Waals surface area contributed by atoms with Crippen molar-refractivity contribution in [3.8, 4) is 17.0 Å². The molecule has 132 valence electrons. The zero-order chi connectivity index (χ0) is 18.3. The Morgan fingerprint density at radius 2 is 2.00 bits per heavy atom. The molecule has 0 atom stereocenters. The third-order valence-corrected chi connectivity index (χ3v) is 5.05. The number of pyridine rings is 1. The number of aliphatic carboxylic acids is 1. The van der Waals surface area contributed by atoms with Crippen molar-refractivity contribution < 1.29 is 14.6 Å². The van der Waals surface area contributed by atoms with Crippen molar-refractivity contribution >= 4 is 16.7 Å². The summed E-state index contributed by atoms with van der Waals surface area (Å²) in [6.45, 7) is 0.596. The number of carbonyl (C=O) groups is 1. The molecule has 1 N–H and O–H groups in total. The summed E-state index contributed by atoms with van der Waals surface area (Å²) in [6.07, 6.45) is 1.19. The second-order valence-corrected chi connectivity index (χ2v) is 6.50. The van der Waals surface area contributed by atoms with Crippen LogP contribution in [0.1, 0.15) is 17.5 Å². The molecule has 1 aliphatic rings. The Balaban J connectivity index is 2.08. The molecule has 4 rings (SSSR count). The van der Waals surface area contributed by atoms with Crippen molar-refractivity contribution in [2.45, 2.75) is 25.8 Å². The topological polar surface area (TPSA) is 68.5 Å². The van der Waals surface area contributed by atoms with Crippen molar-refractivity contribution in [3.05, 3.63) is 63.9 Å². The van der Waals surface area contributed by atoms with Crippen LogP contribution in [0.2, 0.25) is 0 Å². The van der Waals surface area contributed by atoms with E-state index in [1.54, 1.807) is 17.7 Å². The molecule has 26 heavy (non-hydrogen) atoms. The first kappa shape index (κ1) is 16.4. The minimum absolute atomic E-state index is 0.0223. The highest BCUT2D eigenvalue weighted by molar-refractivity contribution is 5.92. The molecule has 5 nitrogen and oxygen atoms in total. The third kappa shape index (κ3) is 2.56. The van der Waals surface area contributed by atoms with Gasteiger partial charge in [-0.3, -0.25) is 9.59 Å². The predicted octanol–water partition coefficient (Wildman–Crippen LogP) is 3.25. The Hall–Kier alpha value is -3.08. The molecule has 2 heterocycles. The maximum absolute atomic E-state index is 13.1. The van der Waals surface area contributed by atoms with Crippen LogP contribution in [0.25, 0.3) is 22.0 Å². The Labute approximate surface area is 150 Å². The van der Waals surface area contributed by atoms with Crippen LogP contribution in [-0.4, -0.2) is 22.8 Å². The van der Waals surface area contributed by atoms with Crippen molar-refractivity contribution in [2.75, 3.05) is 7.11 Å². The van der Waals surface area contributed by atoms with E-state index in [0.717, 1.165) is 28.6 Å². The first-order chi connectivity index (χ1) is 12.6. The van der Waals surface area contributed by atoms with Crippen molar-refractivity contribution in [2.24, 2.45) is 0 Å². The fourth-order valence-electron chi connectivity index (χ4n) is 3.84. The summed E-state index contributed by atoms with van der Waals surface area (Å²) < 4.78 is 7.07. The summed E-state index contributed by atoms with van der Waals surface area (Å²) in [5.41, 5.74) is 3.93. The molecule has 0 fully saturated rings. The minimum atomic E-state index is -0.847. The molecule has 0 amide bonds. The van der Waals surface area contributed by atoms with Gasteiger partial charge in [-0.15, -0.1) is 0 Å². The molecule has 0 radical (unpaired) electrons. The fraction of sp³-hybridized carbons (Fsp3) is 0.238. The number of fused-ring (bicyclic) bond motifs is 4. The van der Waals surface area contributed by atoms with E-state index >= 15 is 0 Å². The third-order valence-electron chi connectivity index (χ3n) is 5.05. The number of ether oxygens (including phenoxy) is 1. The van der Waals surface area contributed by atoms with Crippen LogP contribution in [0.5, 0.6) is 5.75 Å². The maximum atomic E-state index is 13.1. The predicted molar refractivity (Wildman–Crippen MR) is 99.9 cm³/mol. The SMILES string of the molecule is COc1ccc2c(CCC(=O)O)c3n(c(=O)c2c1)CCc1ccccc1-3. The molecule has 0 saturated heterocycles. The minimum Gasteiger partial charge on any atom is -0.497 e. The summed E-state index contributed by atoms with van der Waals surface area (Å²) in [4.78, 5) is 24.3. The molecule has 0 unspecified atom stereocenters. The number of methoxy groups -OCH3 is 1. The number of hydrogen-bond donors (Lipinski definition) is 1. The van der Waals surface area contributed by atoms with Gasteiger partial charge in [0.1, 0.15) is 5.75 Å². The van der Waals surface area contributed by atoms with E-state index in [1.165, 1.54) is 5.56 Å². The van der Waals surface area contributed by atoms with Crippen LogP contribution in [0.3, 0.4) is 0 Å². The standard InChI is InChI=1S/C21H19NO4/c1-26-14-6-7-16-17(8-9-19(23)24)20-15-5-3-2-4-13(15)10-11-22(20)21(25)18(16)12-14/h2-7,12H,8-11H2,1H3,(H,23,24). The van der Waals surface area contributed by atoms with E-state index in [9.17, 15) is 14.7 Å². The first-order valence-corrected chi connectivity index (χ1v) is 8.63. The van der Waals surface area contributed by atoms with Gasteiger partial charge in [-0.1, -0.05) is 30.3 Å². The quantitative estimate of drug-likeness (QED) is 0.785. The van der Waals surface area contributed by atoms with Crippen LogP contribution in [0.4, 0.5) is 0 Å². The highest BCUT2D eigenvalue weighted by Gasteiger charge is 2.23. The van der Waals surface area contributed by atoms with E-state index in [4.69, 9.17) is 4.74 Å². The molecular formula is C21H19NO4. The number of hydrogen-bond acceptors (Lipinski definition) is 3. The van der Waals surface area contributed by atoms with Gasteiger partial charge in [-0.05, 0) is 41.5 Å². The molecule has 3 aromatic rings. The average molecular weight is 349 g/mol. The first-order valence-electron chi connectivity index (χ1n) is 8.63. The number of rotatable bonds is 4. The van der Waals surface area contributed by atoms with Gasteiger partial charge in [-0.2, -0.15) is 0 Å². The molecule has 0 bridgehead atoms. The highest BCUT2D eigenvalue weighted by atomic mass is 16.5. The van der Waals surface area contributed by atoms with E-state index in [0.29, 0.717) is 24.1 Å². The van der Waals surface area contributed by atoms with E-state index < -0.39 is 5.97 Å². The van der Waals surface area contributed by atoms with E-state index in [1.807, 2.05) is 30.3 Å². The molecule has 1 aromatic heterocycles. The van der Waals surface area contributed by atoms with E-state index in [-0.39, 0.29) is 12.0 Å². The molecule has 2 aromatic carbocycles. The van der Waals surface area contributed by atoms with Gasteiger partial charge < -0.3 is 14.4 Å². The fourth-order valence-corrected chi connectivity index (χ4v) is 3.84. The van der Waals surface area contributed by atoms with Gasteiger partial charge in [0, 0.05) is 18.5 Å². The number of nitrogens with zero attached hydrogens (tertiary/aromatic N) is 1. The van der Waals surface area contributed by atoms with Crippen LogP contribution in [0, 0.1) is 0 Å². The Kier molecular flexibility index (Phi) is 3.99. The Bertz CT molecular complexity index is 1080. The van der Waals surface area contributed by atoms with Crippen LogP contribution in [0.15, 0.2) is 47.3 Å². The second kappa shape index (κ2) is 6.33. The highest BCUT2D eigenvalue weighted by Crippen LogP contribution is 2.35. The van der Waals surface area contributed by atoms with Gasteiger partial charge in [0.2, 0.25) is 0 Å². The number of benzene rings is 2. The monoisotopic (exact) mass is 349 g/mol. The smallest absolute Gasteiger partial charge is 0.303 e. The zero-order valence-corrected chi connectivity index (χ0v) is 14.5. The Morgan fingerprint density at radius 3 is 2.77 bits per heavy atom. The normalized spacial score (nSPS) is 12.5. The van der Waals surface area contributed by atoms with Gasteiger partial charge in [0.05, 0.1) is 18.2 Å². The van der Waals surface area contributed by atoms with Gasteiger partial charge in [-0.25, -0.2) is 0 Å². The van der Waals surface area contributed by atoms with Crippen molar-refractivity contribution in [1.29, 1.82) is 0 Å². The lowest BCUT2D eigenvalue weighted by Crippen LogP contribution is -2.28. The summed E-state index contributed by atoms with van der Waals surface area (Å²) >= 11 is 0. The lowest BCUT2D eigenvalue weighted by atomic mass is 9.90. The second-order valence-electron chi connectivity index (χ2n) is 6.50.